The molecule has 0 N–H and O–H groups in total. The van der Waals surface area contributed by atoms with Crippen LogP contribution in [0.15, 0.2) is 127 Å². The van der Waals surface area contributed by atoms with Crippen molar-refractivity contribution in [2.75, 3.05) is 0 Å². The van der Waals surface area contributed by atoms with Crippen LogP contribution in [0.2, 0.25) is 0 Å². The highest BCUT2D eigenvalue weighted by atomic mass is 32.1. The monoisotopic (exact) mass is 687 g/mol. The van der Waals surface area contributed by atoms with Gasteiger partial charge in [-0.3, -0.25) is 0 Å². The maximum atomic E-state index is 2.65. The summed E-state index contributed by atoms with van der Waals surface area (Å²) in [6.45, 7) is 9.75. The van der Waals surface area contributed by atoms with Gasteiger partial charge in [0.05, 0.1) is 16.7 Å². The van der Waals surface area contributed by atoms with E-state index in [0.717, 1.165) is 0 Å². The Labute approximate surface area is 304 Å². The van der Waals surface area contributed by atoms with Crippen molar-refractivity contribution in [1.82, 2.24) is 4.57 Å². The Bertz CT molecular complexity index is 2990. The lowest BCUT2D eigenvalue weighted by Crippen LogP contribution is -2.33. The highest BCUT2D eigenvalue weighted by molar-refractivity contribution is 7.26. The van der Waals surface area contributed by atoms with Crippen molar-refractivity contribution >= 4 is 84.8 Å². The third-order valence-electron chi connectivity index (χ3n) is 12.3. The van der Waals surface area contributed by atoms with Crippen LogP contribution in [-0.2, 0) is 10.8 Å². The van der Waals surface area contributed by atoms with Gasteiger partial charge in [-0.05, 0) is 105 Å². The molecule has 0 saturated carbocycles. The average molecular weight is 688 g/mol. The summed E-state index contributed by atoms with van der Waals surface area (Å²) in [6, 6.07) is 48.9. The highest BCUT2D eigenvalue weighted by Crippen LogP contribution is 2.56. The van der Waals surface area contributed by atoms with E-state index in [1.54, 1.807) is 0 Å². The van der Waals surface area contributed by atoms with E-state index < -0.39 is 0 Å². The van der Waals surface area contributed by atoms with Gasteiger partial charge < -0.3 is 4.57 Å². The fourth-order valence-corrected chi connectivity index (χ4v) is 11.9. The zero-order chi connectivity index (χ0) is 34.0. The molecule has 51 heavy (non-hydrogen) atoms. The molecule has 0 unspecified atom stereocenters. The van der Waals surface area contributed by atoms with Gasteiger partial charge in [-0.2, -0.15) is 0 Å². The van der Waals surface area contributed by atoms with E-state index >= 15 is 0 Å². The van der Waals surface area contributed by atoms with Crippen molar-refractivity contribution in [1.29, 1.82) is 0 Å². The zero-order valence-corrected chi connectivity index (χ0v) is 30.5. The van der Waals surface area contributed by atoms with Crippen molar-refractivity contribution in [3.63, 3.8) is 0 Å². The molecule has 0 radical (unpaired) electrons. The Morgan fingerprint density at radius 1 is 0.373 bits per heavy atom. The van der Waals surface area contributed by atoms with Crippen LogP contribution in [0.25, 0.3) is 90.1 Å². The number of aromatic nitrogens is 1. The van der Waals surface area contributed by atoms with Crippen molar-refractivity contribution in [3.05, 3.63) is 150 Å². The lowest BCUT2D eigenvalue weighted by molar-refractivity contribution is 0.594. The molecule has 0 amide bonds. The minimum atomic E-state index is -0.162. The molecule has 10 aromatic rings. The lowest BCUT2D eigenvalue weighted by Gasteiger charge is -2.42. The van der Waals surface area contributed by atoms with Gasteiger partial charge in [-0.1, -0.05) is 94.4 Å². The molecule has 2 aliphatic heterocycles. The third kappa shape index (κ3) is 3.51. The van der Waals surface area contributed by atoms with Crippen LogP contribution in [0.5, 0.6) is 0 Å². The molecule has 242 valence electrons. The van der Waals surface area contributed by atoms with Gasteiger partial charge in [-0.25, -0.2) is 0 Å². The van der Waals surface area contributed by atoms with Gasteiger partial charge in [0.1, 0.15) is 0 Å². The molecule has 0 fully saturated rings. The molecule has 0 saturated heterocycles. The summed E-state index contributed by atoms with van der Waals surface area (Å²) in [7, 11) is 0. The van der Waals surface area contributed by atoms with Gasteiger partial charge in [0, 0.05) is 61.9 Å². The summed E-state index contributed by atoms with van der Waals surface area (Å²) in [6.07, 6.45) is 0. The summed E-state index contributed by atoms with van der Waals surface area (Å²) in [5, 5.41) is 8.09. The normalized spacial score (nSPS) is 15.4. The number of para-hydroxylation sites is 1. The molecule has 3 heteroatoms. The zero-order valence-electron chi connectivity index (χ0n) is 28.9. The Kier molecular flexibility index (Phi) is 5.22. The number of nitrogens with zero attached hydrogens (tertiary/aromatic N) is 1. The highest BCUT2D eigenvalue weighted by Gasteiger charge is 2.43. The first-order chi connectivity index (χ1) is 24.8. The number of thiophene rings is 2. The molecule has 12 rings (SSSR count). The Balaban J connectivity index is 1.20. The van der Waals surface area contributed by atoms with E-state index in [-0.39, 0.29) is 10.8 Å². The quantitative estimate of drug-likeness (QED) is 0.170. The smallest absolute Gasteiger partial charge is 0.0582 e. The molecule has 0 spiro atoms. The number of hydrogen-bond donors (Lipinski definition) is 0. The standard InChI is InChI=1S/C48H33NS2/c1-47(2)36-12-9-13-37-46(36)49-44-34(22-28(24-38(44)47)26-16-18-42-32(20-26)30-10-5-7-14-40(30)50-42)35-23-29(25-39(45(35)49)48(37,3)4)27-17-19-43-33(21-27)31-11-6-8-15-41(31)51-43/h5-25H,1-4H3. The first-order valence-electron chi connectivity index (χ1n) is 17.9. The number of hydrogen-bond acceptors (Lipinski definition) is 2. The second kappa shape index (κ2) is 9.36. The van der Waals surface area contributed by atoms with Crippen LogP contribution in [0.1, 0.15) is 49.9 Å². The molecule has 0 atom stereocenters. The minimum Gasteiger partial charge on any atom is -0.308 e. The van der Waals surface area contributed by atoms with Crippen molar-refractivity contribution < 1.29 is 0 Å². The van der Waals surface area contributed by atoms with Crippen LogP contribution in [-0.4, -0.2) is 4.57 Å². The molecule has 0 aliphatic carbocycles. The Morgan fingerprint density at radius 2 is 0.804 bits per heavy atom. The second-order valence-electron chi connectivity index (χ2n) is 15.7. The predicted molar refractivity (Wildman–Crippen MR) is 222 cm³/mol. The van der Waals surface area contributed by atoms with Gasteiger partial charge in [0.15, 0.2) is 0 Å². The molecule has 7 aromatic carbocycles. The first-order valence-corrected chi connectivity index (χ1v) is 19.6. The summed E-state index contributed by atoms with van der Waals surface area (Å²) in [4.78, 5) is 0. The van der Waals surface area contributed by atoms with Gasteiger partial charge >= 0.3 is 0 Å². The van der Waals surface area contributed by atoms with E-state index in [0.29, 0.717) is 0 Å². The molecule has 3 aromatic heterocycles. The summed E-state index contributed by atoms with van der Waals surface area (Å²) < 4.78 is 8.04. The van der Waals surface area contributed by atoms with Crippen molar-refractivity contribution in [2.45, 2.75) is 38.5 Å². The van der Waals surface area contributed by atoms with E-state index in [9.17, 15) is 0 Å². The van der Waals surface area contributed by atoms with Crippen molar-refractivity contribution in [2.24, 2.45) is 0 Å². The number of benzene rings is 7. The molecule has 5 heterocycles. The fourth-order valence-electron chi connectivity index (χ4n) is 9.68. The topological polar surface area (TPSA) is 4.93 Å². The average Bonchev–Trinajstić information content (AvgIpc) is 3.82. The van der Waals surface area contributed by atoms with Crippen LogP contribution < -0.4 is 0 Å². The molecular weight excluding hydrogens is 655 g/mol. The van der Waals surface area contributed by atoms with Gasteiger partial charge in [0.2, 0.25) is 0 Å². The van der Waals surface area contributed by atoms with Gasteiger partial charge in [-0.15, -0.1) is 22.7 Å². The molecular formula is C48H33NS2. The first kappa shape index (κ1) is 28.5. The Hall–Kier alpha value is -5.22. The van der Waals surface area contributed by atoms with Crippen LogP contribution in [0.3, 0.4) is 0 Å². The van der Waals surface area contributed by atoms with Gasteiger partial charge in [0.25, 0.3) is 0 Å². The fraction of sp³-hybridized carbons (Fsp3) is 0.125. The number of fused-ring (bicyclic) bond motifs is 7. The van der Waals surface area contributed by atoms with E-state index in [4.69, 9.17) is 0 Å². The van der Waals surface area contributed by atoms with E-state index in [1.165, 1.54) is 112 Å². The summed E-state index contributed by atoms with van der Waals surface area (Å²) >= 11 is 3.78. The van der Waals surface area contributed by atoms with E-state index in [2.05, 4.69) is 160 Å². The van der Waals surface area contributed by atoms with Crippen LogP contribution in [0, 0.1) is 0 Å². The van der Waals surface area contributed by atoms with Crippen LogP contribution in [0.4, 0.5) is 0 Å². The van der Waals surface area contributed by atoms with Crippen molar-refractivity contribution in [3.8, 4) is 27.9 Å². The minimum absolute atomic E-state index is 0.162. The maximum Gasteiger partial charge on any atom is 0.0582 e. The Morgan fingerprint density at radius 3 is 1.29 bits per heavy atom. The number of rotatable bonds is 2. The van der Waals surface area contributed by atoms with E-state index in [1.807, 2.05) is 22.7 Å². The maximum absolute atomic E-state index is 2.65. The summed E-state index contributed by atoms with van der Waals surface area (Å²) in [5.41, 5.74) is 14.6. The molecule has 0 bridgehead atoms. The SMILES string of the molecule is CC1(C)c2cccc3c2-n2c4c1cc(-c1ccc5sc6ccccc6c5c1)cc4c1cc(-c4ccc5sc6ccccc6c5c4)cc(c12)C3(C)C. The largest absolute Gasteiger partial charge is 0.308 e. The summed E-state index contributed by atoms with van der Waals surface area (Å²) in [5.74, 6) is 0. The lowest BCUT2D eigenvalue weighted by atomic mass is 9.68. The second-order valence-corrected chi connectivity index (χ2v) is 17.9. The predicted octanol–water partition coefficient (Wildman–Crippen LogP) is 14.1. The molecule has 2 aliphatic rings. The third-order valence-corrected chi connectivity index (χ3v) is 14.6. The van der Waals surface area contributed by atoms with Crippen LogP contribution >= 0.6 is 22.7 Å². The molecule has 1 nitrogen and oxygen atoms in total.